The van der Waals surface area contributed by atoms with Crippen LogP contribution in [0.1, 0.15) is 63.0 Å². The number of phenols is 2. The summed E-state index contributed by atoms with van der Waals surface area (Å²) in [5.41, 5.74) is 17.4. The Kier molecular flexibility index (Phi) is 11.4. The van der Waals surface area contributed by atoms with E-state index in [0.29, 0.717) is 25.4 Å². The topological polar surface area (TPSA) is 119 Å². The van der Waals surface area contributed by atoms with Gasteiger partial charge in [-0.25, -0.2) is 0 Å². The molecule has 0 saturated carbocycles. The van der Waals surface area contributed by atoms with E-state index in [2.05, 4.69) is 51.1 Å². The standard InChI is InChI=1S/C34H47N5O3/c1-25-17-28(21-35)32(40)29(18-25)23-38-13-6-11-37(22-27-9-4-3-5-10-27)12-7-14-39(16-8-15-38)24-30-19-26(2)20-31(33(30)41)34(36)42/h3-5,9-10,17-20,40-41H,6-8,11-16,21-24,35H2,1-2H3,(H2,36,42). The monoisotopic (exact) mass is 573 g/mol. The van der Waals surface area contributed by atoms with Gasteiger partial charge in [0.25, 0.3) is 5.91 Å². The molecule has 8 heteroatoms. The van der Waals surface area contributed by atoms with Crippen LogP contribution in [0.15, 0.2) is 54.6 Å². The van der Waals surface area contributed by atoms with Gasteiger partial charge in [0.15, 0.2) is 0 Å². The second-order valence-corrected chi connectivity index (χ2v) is 11.7. The normalized spacial score (nSPS) is 16.5. The van der Waals surface area contributed by atoms with E-state index in [9.17, 15) is 15.0 Å². The number of amides is 1. The van der Waals surface area contributed by atoms with Crippen molar-refractivity contribution in [3.8, 4) is 11.5 Å². The summed E-state index contributed by atoms with van der Waals surface area (Å²) in [5, 5.41) is 21.7. The molecule has 6 N–H and O–H groups in total. The Balaban J connectivity index is 1.54. The highest BCUT2D eigenvalue weighted by Gasteiger charge is 2.19. The summed E-state index contributed by atoms with van der Waals surface area (Å²) in [5.74, 6) is -0.325. The summed E-state index contributed by atoms with van der Waals surface area (Å²) < 4.78 is 0. The van der Waals surface area contributed by atoms with Crippen LogP contribution in [-0.4, -0.2) is 70.1 Å². The highest BCUT2D eigenvalue weighted by atomic mass is 16.3. The van der Waals surface area contributed by atoms with Gasteiger partial charge in [-0.1, -0.05) is 54.1 Å². The molecule has 8 nitrogen and oxygen atoms in total. The first-order valence-electron chi connectivity index (χ1n) is 15.1. The number of hydrogen-bond donors (Lipinski definition) is 4. The second kappa shape index (κ2) is 15.2. The first-order valence-corrected chi connectivity index (χ1v) is 15.1. The van der Waals surface area contributed by atoms with Crippen molar-refractivity contribution < 1.29 is 15.0 Å². The van der Waals surface area contributed by atoms with Crippen LogP contribution in [0.5, 0.6) is 11.5 Å². The minimum absolute atomic E-state index is 0.0165. The Morgan fingerprint density at radius 1 is 0.690 bits per heavy atom. The zero-order chi connectivity index (χ0) is 30.1. The molecule has 0 bridgehead atoms. The lowest BCUT2D eigenvalue weighted by atomic mass is 10.0. The predicted molar refractivity (Wildman–Crippen MR) is 168 cm³/mol. The third-order valence-corrected chi connectivity index (χ3v) is 8.11. The summed E-state index contributed by atoms with van der Waals surface area (Å²) >= 11 is 0. The van der Waals surface area contributed by atoms with Crippen molar-refractivity contribution in [3.63, 3.8) is 0 Å². The molecule has 0 atom stereocenters. The molecule has 0 aromatic heterocycles. The first kappa shape index (κ1) is 31.5. The van der Waals surface area contributed by atoms with Gasteiger partial charge in [-0.05, 0) is 89.6 Å². The van der Waals surface area contributed by atoms with Crippen LogP contribution in [0.25, 0.3) is 0 Å². The van der Waals surface area contributed by atoms with Crippen molar-refractivity contribution in [2.45, 2.75) is 59.3 Å². The minimum atomic E-state index is -0.615. The number of nitrogens with zero attached hydrogens (tertiary/aromatic N) is 3. The summed E-state index contributed by atoms with van der Waals surface area (Å²) in [7, 11) is 0. The van der Waals surface area contributed by atoms with Gasteiger partial charge in [-0.15, -0.1) is 0 Å². The number of carbonyl (C=O) groups excluding carboxylic acids is 1. The molecular formula is C34H47N5O3. The van der Waals surface area contributed by atoms with E-state index in [4.69, 9.17) is 11.5 Å². The van der Waals surface area contributed by atoms with Gasteiger partial charge in [0.2, 0.25) is 0 Å². The molecule has 226 valence electrons. The molecule has 0 radical (unpaired) electrons. The lowest BCUT2D eigenvalue weighted by Gasteiger charge is -2.30. The molecule has 1 amide bonds. The van der Waals surface area contributed by atoms with E-state index in [0.717, 1.165) is 92.9 Å². The van der Waals surface area contributed by atoms with Gasteiger partial charge < -0.3 is 21.7 Å². The maximum Gasteiger partial charge on any atom is 0.252 e. The van der Waals surface area contributed by atoms with Gasteiger partial charge in [-0.2, -0.15) is 0 Å². The first-order chi connectivity index (χ1) is 20.2. The molecule has 4 rings (SSSR count). The van der Waals surface area contributed by atoms with Crippen molar-refractivity contribution in [1.82, 2.24) is 14.7 Å². The lowest BCUT2D eigenvalue weighted by Crippen LogP contribution is -2.36. The van der Waals surface area contributed by atoms with Crippen LogP contribution in [0, 0.1) is 13.8 Å². The Labute approximate surface area is 250 Å². The fourth-order valence-electron chi connectivity index (χ4n) is 6.06. The number of primary amides is 1. The van der Waals surface area contributed by atoms with Crippen LogP contribution in [0.4, 0.5) is 0 Å². The van der Waals surface area contributed by atoms with Gasteiger partial charge in [-0.3, -0.25) is 19.5 Å². The minimum Gasteiger partial charge on any atom is -0.507 e. The average molecular weight is 574 g/mol. The molecule has 3 aromatic carbocycles. The summed E-state index contributed by atoms with van der Waals surface area (Å²) in [6, 6.07) is 18.2. The number of phenolic OH excluding ortho intramolecular Hbond substituents is 1. The van der Waals surface area contributed by atoms with E-state index in [1.807, 2.05) is 26.0 Å². The number of hydrogen-bond acceptors (Lipinski definition) is 7. The predicted octanol–water partition coefficient (Wildman–Crippen LogP) is 4.26. The Morgan fingerprint density at radius 2 is 1.14 bits per heavy atom. The smallest absolute Gasteiger partial charge is 0.252 e. The molecular weight excluding hydrogens is 526 g/mol. The number of benzene rings is 3. The molecule has 1 heterocycles. The fraction of sp³-hybridized carbons (Fsp3) is 0.441. The highest BCUT2D eigenvalue weighted by Crippen LogP contribution is 2.27. The van der Waals surface area contributed by atoms with Crippen molar-refractivity contribution >= 4 is 5.91 Å². The average Bonchev–Trinajstić information content (AvgIpc) is 2.95. The third kappa shape index (κ3) is 8.79. The van der Waals surface area contributed by atoms with Crippen LogP contribution >= 0.6 is 0 Å². The van der Waals surface area contributed by atoms with Gasteiger partial charge in [0, 0.05) is 42.9 Å². The SMILES string of the molecule is Cc1cc(CN)c(O)c(CN2CCCN(Cc3ccccc3)CCCN(Cc3cc(C)cc(C(N)=O)c3O)CCC2)c1. The van der Waals surface area contributed by atoms with Crippen molar-refractivity contribution in [1.29, 1.82) is 0 Å². The highest BCUT2D eigenvalue weighted by molar-refractivity contribution is 5.96. The number of rotatable bonds is 8. The summed E-state index contributed by atoms with van der Waals surface area (Å²) in [6.07, 6.45) is 2.99. The zero-order valence-corrected chi connectivity index (χ0v) is 25.2. The Morgan fingerprint density at radius 3 is 1.64 bits per heavy atom. The van der Waals surface area contributed by atoms with Crippen LogP contribution < -0.4 is 11.5 Å². The molecule has 0 aliphatic carbocycles. The molecule has 0 unspecified atom stereocenters. The number of nitrogens with two attached hydrogens (primary N) is 2. The summed E-state index contributed by atoms with van der Waals surface area (Å²) in [6.45, 7) is 11.9. The molecule has 3 aromatic rings. The van der Waals surface area contributed by atoms with E-state index in [1.54, 1.807) is 6.07 Å². The number of carbonyl (C=O) groups is 1. The number of aromatic hydroxyl groups is 2. The molecule has 42 heavy (non-hydrogen) atoms. The lowest BCUT2D eigenvalue weighted by molar-refractivity contribution is 0.0997. The van der Waals surface area contributed by atoms with Crippen LogP contribution in [-0.2, 0) is 26.2 Å². The van der Waals surface area contributed by atoms with Gasteiger partial charge in [0.1, 0.15) is 11.5 Å². The van der Waals surface area contributed by atoms with Crippen molar-refractivity contribution in [3.05, 3.63) is 93.5 Å². The van der Waals surface area contributed by atoms with Gasteiger partial charge >= 0.3 is 0 Å². The van der Waals surface area contributed by atoms with Crippen molar-refractivity contribution in [2.24, 2.45) is 11.5 Å². The molecule has 1 aliphatic heterocycles. The Bertz CT molecular complexity index is 1330. The molecule has 1 aliphatic rings. The van der Waals surface area contributed by atoms with E-state index >= 15 is 0 Å². The quantitative estimate of drug-likeness (QED) is 0.318. The fourth-order valence-corrected chi connectivity index (χ4v) is 6.06. The largest absolute Gasteiger partial charge is 0.507 e. The van der Waals surface area contributed by atoms with E-state index in [1.165, 1.54) is 5.56 Å². The Hall–Kier alpha value is -3.43. The zero-order valence-electron chi connectivity index (χ0n) is 25.2. The molecule has 1 saturated heterocycles. The van der Waals surface area contributed by atoms with Crippen LogP contribution in [0.3, 0.4) is 0 Å². The maximum absolute atomic E-state index is 11.9. The molecule has 0 spiro atoms. The molecule has 1 fully saturated rings. The van der Waals surface area contributed by atoms with Crippen LogP contribution in [0.2, 0.25) is 0 Å². The van der Waals surface area contributed by atoms with E-state index < -0.39 is 5.91 Å². The van der Waals surface area contributed by atoms with Gasteiger partial charge in [0.05, 0.1) is 5.56 Å². The number of aryl methyl sites for hydroxylation is 2. The van der Waals surface area contributed by atoms with Crippen molar-refractivity contribution in [2.75, 3.05) is 39.3 Å². The maximum atomic E-state index is 11.9. The van der Waals surface area contributed by atoms with E-state index in [-0.39, 0.29) is 11.3 Å². The third-order valence-electron chi connectivity index (χ3n) is 8.11. The summed E-state index contributed by atoms with van der Waals surface area (Å²) in [4.78, 5) is 19.3. The second-order valence-electron chi connectivity index (χ2n) is 11.7.